The number of aromatic nitrogens is 1. The van der Waals surface area contributed by atoms with Crippen LogP contribution >= 0.6 is 11.3 Å². The number of likely N-dealkylation sites (tertiary alicyclic amines) is 1. The van der Waals surface area contributed by atoms with Crippen molar-refractivity contribution in [3.05, 3.63) is 52.0 Å². The Balaban J connectivity index is 1.48. The smallest absolute Gasteiger partial charge is 0.253 e. The molecule has 2 aromatic rings. The number of thiazole rings is 1. The molecule has 0 spiro atoms. The number of amides is 2. The number of aliphatic hydroxyl groups is 1. The standard InChI is InChI=1S/C19H23N3O3S/c1-13-17(26-12-20-13)7-8-18(24)21-15-9-10-22(11-16(15)23)19(25)14-5-3-2-4-6-14/h2-6,12,15-16,23H,7-11H2,1H3,(H,21,24). The predicted molar refractivity (Wildman–Crippen MR) is 100 cm³/mol. The van der Waals surface area contributed by atoms with Gasteiger partial charge in [0.05, 0.1) is 23.4 Å². The molecular formula is C19H23N3O3S. The molecule has 2 amide bonds. The lowest BCUT2D eigenvalue weighted by molar-refractivity contribution is -0.123. The normalized spacial score (nSPS) is 20.0. The van der Waals surface area contributed by atoms with E-state index in [9.17, 15) is 14.7 Å². The molecule has 0 aliphatic carbocycles. The third kappa shape index (κ3) is 4.47. The van der Waals surface area contributed by atoms with E-state index in [0.29, 0.717) is 31.4 Å². The van der Waals surface area contributed by atoms with Gasteiger partial charge in [-0.3, -0.25) is 9.59 Å². The maximum atomic E-state index is 12.5. The average molecular weight is 373 g/mol. The Morgan fingerprint density at radius 1 is 1.35 bits per heavy atom. The molecule has 3 rings (SSSR count). The first-order valence-electron chi connectivity index (χ1n) is 8.75. The Hall–Kier alpha value is -2.25. The predicted octanol–water partition coefficient (Wildman–Crippen LogP) is 1.78. The molecule has 1 fully saturated rings. The van der Waals surface area contributed by atoms with Crippen LogP contribution in [0.15, 0.2) is 35.8 Å². The fourth-order valence-corrected chi connectivity index (χ4v) is 3.90. The molecule has 2 heterocycles. The summed E-state index contributed by atoms with van der Waals surface area (Å²) in [5.74, 6) is -0.167. The van der Waals surface area contributed by atoms with Crippen molar-refractivity contribution in [3.8, 4) is 0 Å². The van der Waals surface area contributed by atoms with E-state index in [1.807, 2.05) is 25.1 Å². The van der Waals surface area contributed by atoms with Gasteiger partial charge in [0.25, 0.3) is 5.91 Å². The first kappa shape index (κ1) is 18.5. The first-order chi connectivity index (χ1) is 12.5. The summed E-state index contributed by atoms with van der Waals surface area (Å²) in [6.07, 6.45) is 0.818. The zero-order valence-electron chi connectivity index (χ0n) is 14.7. The van der Waals surface area contributed by atoms with Gasteiger partial charge in [0.2, 0.25) is 5.91 Å². The molecule has 1 aliphatic heterocycles. The molecule has 2 atom stereocenters. The lowest BCUT2D eigenvalue weighted by Crippen LogP contribution is -2.55. The van der Waals surface area contributed by atoms with E-state index in [4.69, 9.17) is 0 Å². The minimum Gasteiger partial charge on any atom is -0.389 e. The van der Waals surface area contributed by atoms with Crippen LogP contribution in [0.2, 0.25) is 0 Å². The third-order valence-corrected chi connectivity index (χ3v) is 5.66. The summed E-state index contributed by atoms with van der Waals surface area (Å²) in [6.45, 7) is 2.68. The second-order valence-electron chi connectivity index (χ2n) is 6.51. The van der Waals surface area contributed by atoms with Crippen molar-refractivity contribution >= 4 is 23.2 Å². The number of hydrogen-bond donors (Lipinski definition) is 2. The van der Waals surface area contributed by atoms with Gasteiger partial charge in [0.1, 0.15) is 0 Å². The van der Waals surface area contributed by atoms with Gasteiger partial charge in [-0.25, -0.2) is 4.98 Å². The van der Waals surface area contributed by atoms with Crippen molar-refractivity contribution in [2.45, 2.75) is 38.3 Å². The van der Waals surface area contributed by atoms with E-state index in [0.717, 1.165) is 10.6 Å². The van der Waals surface area contributed by atoms with E-state index in [1.54, 1.807) is 33.9 Å². The second-order valence-corrected chi connectivity index (χ2v) is 7.45. The van der Waals surface area contributed by atoms with Gasteiger partial charge >= 0.3 is 0 Å². The SMILES string of the molecule is Cc1ncsc1CCC(=O)NC1CCN(C(=O)c2ccccc2)CC1O. The highest BCUT2D eigenvalue weighted by Crippen LogP contribution is 2.16. The largest absolute Gasteiger partial charge is 0.389 e. The number of aryl methyl sites for hydroxylation is 2. The van der Waals surface area contributed by atoms with Crippen LogP contribution in [0.4, 0.5) is 0 Å². The van der Waals surface area contributed by atoms with E-state index in [1.165, 1.54) is 0 Å². The molecule has 0 radical (unpaired) electrons. The Morgan fingerprint density at radius 2 is 2.12 bits per heavy atom. The number of nitrogens with one attached hydrogen (secondary N) is 1. The van der Waals surface area contributed by atoms with Gasteiger partial charge in [-0.1, -0.05) is 18.2 Å². The number of benzene rings is 1. The zero-order valence-corrected chi connectivity index (χ0v) is 15.5. The number of aliphatic hydroxyl groups excluding tert-OH is 1. The monoisotopic (exact) mass is 373 g/mol. The van der Waals surface area contributed by atoms with Crippen molar-refractivity contribution in [2.24, 2.45) is 0 Å². The maximum Gasteiger partial charge on any atom is 0.253 e. The van der Waals surface area contributed by atoms with Crippen molar-refractivity contribution < 1.29 is 14.7 Å². The highest BCUT2D eigenvalue weighted by atomic mass is 32.1. The molecule has 2 N–H and O–H groups in total. The molecule has 26 heavy (non-hydrogen) atoms. The van der Waals surface area contributed by atoms with Gasteiger partial charge in [-0.05, 0) is 31.9 Å². The van der Waals surface area contributed by atoms with E-state index >= 15 is 0 Å². The van der Waals surface area contributed by atoms with Crippen LogP contribution in [0.5, 0.6) is 0 Å². The molecule has 1 aliphatic rings. The average Bonchev–Trinajstić information content (AvgIpc) is 3.07. The highest BCUT2D eigenvalue weighted by Gasteiger charge is 2.31. The minimum absolute atomic E-state index is 0.0790. The fourth-order valence-electron chi connectivity index (χ4n) is 3.12. The van der Waals surface area contributed by atoms with Crippen LogP contribution in [-0.4, -0.2) is 52.0 Å². The Labute approximate surface area is 156 Å². The molecule has 1 aromatic heterocycles. The summed E-state index contributed by atoms with van der Waals surface area (Å²) in [6, 6.07) is 8.72. The van der Waals surface area contributed by atoms with Crippen LogP contribution in [0, 0.1) is 6.92 Å². The summed E-state index contributed by atoms with van der Waals surface area (Å²) < 4.78 is 0. The van der Waals surface area contributed by atoms with E-state index < -0.39 is 6.10 Å². The topological polar surface area (TPSA) is 82.5 Å². The highest BCUT2D eigenvalue weighted by molar-refractivity contribution is 7.09. The summed E-state index contributed by atoms with van der Waals surface area (Å²) in [7, 11) is 0. The Morgan fingerprint density at radius 3 is 2.77 bits per heavy atom. The third-order valence-electron chi connectivity index (χ3n) is 4.66. The van der Waals surface area contributed by atoms with Gasteiger partial charge in [0, 0.05) is 30.0 Å². The number of carbonyl (C=O) groups excluding carboxylic acids is 2. The molecule has 0 saturated carbocycles. The van der Waals surface area contributed by atoms with Crippen LogP contribution < -0.4 is 5.32 Å². The Kier molecular flexibility index (Phi) is 6.00. The molecular weight excluding hydrogens is 350 g/mol. The molecule has 1 saturated heterocycles. The molecule has 7 heteroatoms. The molecule has 1 aromatic carbocycles. The Bertz CT molecular complexity index is 762. The number of rotatable bonds is 5. The fraction of sp³-hybridized carbons (Fsp3) is 0.421. The molecule has 6 nitrogen and oxygen atoms in total. The summed E-state index contributed by atoms with van der Waals surface area (Å²) in [4.78, 5) is 31.6. The van der Waals surface area contributed by atoms with Crippen LogP contribution in [0.25, 0.3) is 0 Å². The van der Waals surface area contributed by atoms with E-state index in [2.05, 4.69) is 10.3 Å². The molecule has 138 valence electrons. The number of carbonyl (C=O) groups is 2. The number of β-amino-alcohol motifs (C(OH)–C–C–N with tert-alkyl or cyclic N) is 1. The van der Waals surface area contributed by atoms with Gasteiger partial charge < -0.3 is 15.3 Å². The van der Waals surface area contributed by atoms with E-state index in [-0.39, 0.29) is 24.4 Å². The summed E-state index contributed by atoms with van der Waals surface area (Å²) in [5.41, 5.74) is 3.36. The minimum atomic E-state index is -0.759. The maximum absolute atomic E-state index is 12.5. The van der Waals surface area contributed by atoms with Crippen LogP contribution in [0.3, 0.4) is 0 Å². The quantitative estimate of drug-likeness (QED) is 0.837. The number of nitrogens with zero attached hydrogens (tertiary/aromatic N) is 2. The number of piperidine rings is 1. The van der Waals surface area contributed by atoms with Crippen molar-refractivity contribution in [3.63, 3.8) is 0 Å². The summed E-state index contributed by atoms with van der Waals surface area (Å²) >= 11 is 1.55. The lowest BCUT2D eigenvalue weighted by Gasteiger charge is -2.36. The van der Waals surface area contributed by atoms with Crippen LogP contribution in [-0.2, 0) is 11.2 Å². The first-order valence-corrected chi connectivity index (χ1v) is 9.63. The number of hydrogen-bond acceptors (Lipinski definition) is 5. The summed E-state index contributed by atoms with van der Waals surface area (Å²) in [5, 5.41) is 13.3. The van der Waals surface area contributed by atoms with Gasteiger partial charge in [0.15, 0.2) is 0 Å². The van der Waals surface area contributed by atoms with Crippen molar-refractivity contribution in [1.29, 1.82) is 0 Å². The van der Waals surface area contributed by atoms with Crippen LogP contribution in [0.1, 0.15) is 33.8 Å². The molecule has 2 unspecified atom stereocenters. The van der Waals surface area contributed by atoms with Crippen molar-refractivity contribution in [1.82, 2.24) is 15.2 Å². The van der Waals surface area contributed by atoms with Crippen molar-refractivity contribution in [2.75, 3.05) is 13.1 Å². The molecule has 0 bridgehead atoms. The second kappa shape index (κ2) is 8.42. The van der Waals surface area contributed by atoms with Gasteiger partial charge in [-0.2, -0.15) is 0 Å². The van der Waals surface area contributed by atoms with Gasteiger partial charge in [-0.15, -0.1) is 11.3 Å². The lowest BCUT2D eigenvalue weighted by atomic mass is 10.0. The zero-order chi connectivity index (χ0) is 18.5.